The summed E-state index contributed by atoms with van der Waals surface area (Å²) < 4.78 is 5.11. The molecular weight excluding hydrogens is 290 g/mol. The van der Waals surface area contributed by atoms with Crippen LogP contribution in [-0.4, -0.2) is 30.2 Å². The van der Waals surface area contributed by atoms with Gasteiger partial charge in [0.2, 0.25) is 0 Å². The van der Waals surface area contributed by atoms with Crippen LogP contribution in [0.5, 0.6) is 0 Å². The fourth-order valence-electron chi connectivity index (χ4n) is 1.75. The molecule has 0 spiro atoms. The number of rotatable bonds is 6. The van der Waals surface area contributed by atoms with Gasteiger partial charge in [0.05, 0.1) is 23.9 Å². The summed E-state index contributed by atoms with van der Waals surface area (Å²) in [4.78, 5) is 10.2. The van der Waals surface area contributed by atoms with E-state index >= 15 is 0 Å². The van der Waals surface area contributed by atoms with Gasteiger partial charge in [-0.2, -0.15) is 0 Å². The normalized spacial score (nSPS) is 13.6. The molecule has 0 amide bonds. The second-order valence-corrected chi connectivity index (χ2v) is 7.41. The third-order valence-corrected chi connectivity index (χ3v) is 4.68. The first kappa shape index (κ1) is 15.6. The molecule has 1 atom stereocenters. The Bertz CT molecular complexity index is 517. The third kappa shape index (κ3) is 3.85. The minimum absolute atomic E-state index is 0.0829. The fraction of sp³-hybridized carbons (Fsp3) is 0.571. The van der Waals surface area contributed by atoms with E-state index in [1.807, 2.05) is 11.7 Å². The van der Waals surface area contributed by atoms with Gasteiger partial charge in [-0.05, 0) is 0 Å². The lowest BCUT2D eigenvalue weighted by atomic mass is 9.93. The number of thiazole rings is 2. The van der Waals surface area contributed by atoms with E-state index in [9.17, 15) is 0 Å². The summed E-state index contributed by atoms with van der Waals surface area (Å²) in [6, 6.07) is 0.110. The molecule has 20 heavy (non-hydrogen) atoms. The molecule has 0 bridgehead atoms. The van der Waals surface area contributed by atoms with Crippen LogP contribution in [0.15, 0.2) is 17.1 Å². The number of aromatic nitrogens is 2. The highest BCUT2D eigenvalue weighted by Gasteiger charge is 2.23. The van der Waals surface area contributed by atoms with Crippen molar-refractivity contribution in [1.29, 1.82) is 0 Å². The van der Waals surface area contributed by atoms with Gasteiger partial charge >= 0.3 is 0 Å². The maximum atomic E-state index is 5.11. The van der Waals surface area contributed by atoms with Crippen molar-refractivity contribution in [3.8, 4) is 0 Å². The van der Waals surface area contributed by atoms with Gasteiger partial charge in [-0.15, -0.1) is 22.7 Å². The molecule has 6 heteroatoms. The van der Waals surface area contributed by atoms with Gasteiger partial charge in [0.1, 0.15) is 5.01 Å². The van der Waals surface area contributed by atoms with Crippen molar-refractivity contribution in [2.45, 2.75) is 32.2 Å². The first-order valence-corrected chi connectivity index (χ1v) is 8.35. The lowest BCUT2D eigenvalue weighted by Gasteiger charge is -2.16. The van der Waals surface area contributed by atoms with Gasteiger partial charge in [-0.3, -0.25) is 4.98 Å². The minimum atomic E-state index is 0.0829. The van der Waals surface area contributed by atoms with Crippen LogP contribution in [0.4, 0.5) is 0 Å². The Morgan fingerprint density at radius 2 is 2.15 bits per heavy atom. The first-order chi connectivity index (χ1) is 9.52. The van der Waals surface area contributed by atoms with Crippen LogP contribution in [0, 0.1) is 0 Å². The quantitative estimate of drug-likeness (QED) is 0.832. The summed E-state index contributed by atoms with van der Waals surface area (Å²) in [6.45, 7) is 8.04. The molecule has 1 unspecified atom stereocenters. The van der Waals surface area contributed by atoms with Crippen LogP contribution in [0.1, 0.15) is 42.4 Å². The summed E-state index contributed by atoms with van der Waals surface area (Å²) in [6.07, 6.45) is 1.91. The van der Waals surface area contributed by atoms with Crippen molar-refractivity contribution >= 4 is 22.7 Å². The Morgan fingerprint density at radius 3 is 2.70 bits per heavy atom. The molecule has 4 nitrogen and oxygen atoms in total. The number of ether oxygens (including phenoxy) is 1. The lowest BCUT2D eigenvalue weighted by molar-refractivity contribution is 0.197. The van der Waals surface area contributed by atoms with Crippen LogP contribution in [0.25, 0.3) is 0 Å². The van der Waals surface area contributed by atoms with E-state index < -0.39 is 0 Å². The Morgan fingerprint density at radius 1 is 1.35 bits per heavy atom. The van der Waals surface area contributed by atoms with Gasteiger partial charge < -0.3 is 10.1 Å². The van der Waals surface area contributed by atoms with E-state index in [1.165, 1.54) is 4.88 Å². The van der Waals surface area contributed by atoms with Gasteiger partial charge in [-0.25, -0.2) is 4.98 Å². The van der Waals surface area contributed by atoms with Gasteiger partial charge in [-0.1, -0.05) is 20.8 Å². The zero-order chi connectivity index (χ0) is 14.6. The minimum Gasteiger partial charge on any atom is -0.383 e. The highest BCUT2D eigenvalue weighted by Crippen LogP contribution is 2.31. The van der Waals surface area contributed by atoms with Crippen LogP contribution in [0.3, 0.4) is 0 Å². The second kappa shape index (κ2) is 6.76. The SMILES string of the molecule is COCCNC(c1cncs1)c1nc(C(C)(C)C)cs1. The monoisotopic (exact) mass is 311 g/mol. The number of nitrogens with one attached hydrogen (secondary N) is 1. The summed E-state index contributed by atoms with van der Waals surface area (Å²) in [7, 11) is 1.71. The van der Waals surface area contributed by atoms with E-state index in [1.54, 1.807) is 29.8 Å². The molecule has 0 aliphatic carbocycles. The highest BCUT2D eigenvalue weighted by atomic mass is 32.1. The standard InChI is InChI=1S/C14H21N3OS2/c1-14(2,3)11-8-19-13(17-11)12(16-5-6-18-4)10-7-15-9-20-10/h7-9,12,16H,5-6H2,1-4H3. The van der Waals surface area contributed by atoms with Crippen LogP contribution >= 0.6 is 22.7 Å². The van der Waals surface area contributed by atoms with Crippen LogP contribution < -0.4 is 5.32 Å². The molecule has 0 saturated heterocycles. The largest absolute Gasteiger partial charge is 0.383 e. The maximum absolute atomic E-state index is 5.11. The topological polar surface area (TPSA) is 47.0 Å². The molecule has 0 saturated carbocycles. The first-order valence-electron chi connectivity index (χ1n) is 6.59. The van der Waals surface area contributed by atoms with Crippen molar-refractivity contribution in [2.24, 2.45) is 0 Å². The fourth-order valence-corrected chi connectivity index (χ4v) is 3.65. The Labute approximate surface area is 128 Å². The molecule has 1 N–H and O–H groups in total. The molecule has 2 rings (SSSR count). The predicted octanol–water partition coefficient (Wildman–Crippen LogP) is 3.22. The molecule has 2 aromatic heterocycles. The molecule has 110 valence electrons. The van der Waals surface area contributed by atoms with Crippen molar-refractivity contribution in [3.63, 3.8) is 0 Å². The Kier molecular flexibility index (Phi) is 5.26. The molecular formula is C14H21N3OS2. The molecule has 2 heterocycles. The smallest absolute Gasteiger partial charge is 0.115 e. The number of nitrogens with zero attached hydrogens (tertiary/aromatic N) is 2. The average molecular weight is 311 g/mol. The Balaban J connectivity index is 2.20. The third-order valence-electron chi connectivity index (χ3n) is 2.93. The Hall–Kier alpha value is -0.820. The summed E-state index contributed by atoms with van der Waals surface area (Å²) in [5.41, 5.74) is 3.08. The van der Waals surface area contributed by atoms with Crippen molar-refractivity contribution in [2.75, 3.05) is 20.3 Å². The molecule has 0 fully saturated rings. The van der Waals surface area contributed by atoms with Crippen LogP contribution in [0.2, 0.25) is 0 Å². The van der Waals surface area contributed by atoms with E-state index in [0.29, 0.717) is 6.61 Å². The van der Waals surface area contributed by atoms with Gasteiger partial charge in [0, 0.05) is 35.5 Å². The molecule has 0 aliphatic rings. The van der Waals surface area contributed by atoms with Crippen molar-refractivity contribution in [3.05, 3.63) is 32.7 Å². The van der Waals surface area contributed by atoms with Gasteiger partial charge in [0.25, 0.3) is 0 Å². The predicted molar refractivity (Wildman–Crippen MR) is 84.6 cm³/mol. The second-order valence-electron chi connectivity index (χ2n) is 5.60. The zero-order valence-corrected chi connectivity index (χ0v) is 14.0. The number of hydrogen-bond acceptors (Lipinski definition) is 6. The molecule has 0 aliphatic heterocycles. The average Bonchev–Trinajstić information content (AvgIpc) is 3.05. The lowest BCUT2D eigenvalue weighted by Crippen LogP contribution is -2.25. The maximum Gasteiger partial charge on any atom is 0.115 e. The molecule has 0 aromatic carbocycles. The van der Waals surface area contributed by atoms with E-state index in [0.717, 1.165) is 17.2 Å². The van der Waals surface area contributed by atoms with E-state index in [4.69, 9.17) is 9.72 Å². The molecule has 0 radical (unpaired) electrons. The van der Waals surface area contributed by atoms with Gasteiger partial charge in [0.15, 0.2) is 0 Å². The van der Waals surface area contributed by atoms with Crippen molar-refractivity contribution < 1.29 is 4.74 Å². The zero-order valence-electron chi connectivity index (χ0n) is 12.3. The highest BCUT2D eigenvalue weighted by molar-refractivity contribution is 7.11. The molecule has 2 aromatic rings. The summed E-state index contributed by atoms with van der Waals surface area (Å²) >= 11 is 3.36. The number of hydrogen-bond donors (Lipinski definition) is 1. The van der Waals surface area contributed by atoms with Crippen molar-refractivity contribution in [1.82, 2.24) is 15.3 Å². The summed E-state index contributed by atoms with van der Waals surface area (Å²) in [5.74, 6) is 0. The summed E-state index contributed by atoms with van der Waals surface area (Å²) in [5, 5.41) is 6.74. The van der Waals surface area contributed by atoms with Crippen LogP contribution in [-0.2, 0) is 10.2 Å². The van der Waals surface area contributed by atoms with E-state index in [2.05, 4.69) is 36.5 Å². The van der Waals surface area contributed by atoms with E-state index in [-0.39, 0.29) is 11.5 Å². The number of methoxy groups -OCH3 is 1.